The molecule has 2 heterocycles. The van der Waals surface area contributed by atoms with Crippen LogP contribution in [0.1, 0.15) is 35.2 Å². The van der Waals surface area contributed by atoms with Gasteiger partial charge >= 0.3 is 0 Å². The number of carbonyl (C=O) groups excluding carboxylic acids is 2. The maximum Gasteiger partial charge on any atom is 0.295 e. The molecule has 0 saturated carbocycles. The number of hydrogen-bond acceptors (Lipinski definition) is 3. The Morgan fingerprint density at radius 3 is 2.70 bits per heavy atom. The second-order valence-electron chi connectivity index (χ2n) is 5.02. The van der Waals surface area contributed by atoms with E-state index in [1.807, 2.05) is 0 Å². The minimum Gasteiger partial charge on any atom is -0.450 e. The molecule has 0 aliphatic carbocycles. The minimum absolute atomic E-state index is 0.0688. The fraction of sp³-hybridized carbons (Fsp3) is 0.538. The fourth-order valence-electron chi connectivity index (χ4n) is 2.25. The molecule has 1 aromatic heterocycles. The Morgan fingerprint density at radius 1 is 1.50 bits per heavy atom. The average molecular weight is 286 g/mol. The highest BCUT2D eigenvalue weighted by molar-refractivity contribution is 5.96. The molecule has 1 atom stereocenters. The van der Waals surface area contributed by atoms with Gasteiger partial charge in [0.2, 0.25) is 5.91 Å². The third kappa shape index (κ3) is 2.52. The number of alkyl halides is 2. The van der Waals surface area contributed by atoms with Crippen LogP contribution in [-0.2, 0) is 4.79 Å². The number of likely N-dealkylation sites (N-methyl/N-ethyl adjacent to an activating group) is 1. The molecular weight excluding hydrogens is 270 g/mol. The van der Waals surface area contributed by atoms with Gasteiger partial charge in [-0.1, -0.05) is 0 Å². The summed E-state index contributed by atoms with van der Waals surface area (Å²) in [4.78, 5) is 26.9. The van der Waals surface area contributed by atoms with Crippen molar-refractivity contribution in [3.8, 4) is 0 Å². The smallest absolute Gasteiger partial charge is 0.295 e. The molecule has 2 rings (SSSR count). The molecule has 0 bridgehead atoms. The van der Waals surface area contributed by atoms with Gasteiger partial charge in [-0.15, -0.1) is 0 Å². The fourth-order valence-corrected chi connectivity index (χ4v) is 2.25. The summed E-state index contributed by atoms with van der Waals surface area (Å²) in [6.07, 6.45) is -2.76. The van der Waals surface area contributed by atoms with Crippen LogP contribution in [-0.4, -0.2) is 47.8 Å². The zero-order valence-corrected chi connectivity index (χ0v) is 11.5. The Kier molecular flexibility index (Phi) is 3.78. The van der Waals surface area contributed by atoms with Gasteiger partial charge in [-0.2, -0.15) is 0 Å². The van der Waals surface area contributed by atoms with Crippen LogP contribution >= 0.6 is 0 Å². The van der Waals surface area contributed by atoms with Crippen molar-refractivity contribution < 1.29 is 22.8 Å². The zero-order valence-electron chi connectivity index (χ0n) is 11.5. The summed E-state index contributed by atoms with van der Waals surface area (Å²) in [7, 11) is 1.66. The van der Waals surface area contributed by atoms with Gasteiger partial charge in [-0.05, 0) is 19.9 Å². The minimum atomic E-state index is -2.76. The monoisotopic (exact) mass is 286 g/mol. The summed E-state index contributed by atoms with van der Waals surface area (Å²) >= 11 is 0. The van der Waals surface area contributed by atoms with Gasteiger partial charge in [0.15, 0.2) is 11.5 Å². The van der Waals surface area contributed by atoms with Crippen LogP contribution in [0.2, 0.25) is 0 Å². The second kappa shape index (κ2) is 5.22. The lowest BCUT2D eigenvalue weighted by atomic mass is 10.1. The van der Waals surface area contributed by atoms with Crippen molar-refractivity contribution in [3.63, 3.8) is 0 Å². The number of halogens is 2. The number of aryl methyl sites for hydroxylation is 1. The van der Waals surface area contributed by atoms with Crippen LogP contribution in [0.15, 0.2) is 10.5 Å². The average Bonchev–Trinajstić information content (AvgIpc) is 2.75. The molecule has 7 heteroatoms. The lowest BCUT2D eigenvalue weighted by molar-refractivity contribution is -0.135. The van der Waals surface area contributed by atoms with Gasteiger partial charge < -0.3 is 14.2 Å². The standard InChI is InChI=1S/C13H16F2N2O3/c1-7-4-9(12(14)15)20-11(7)13(19)17-6-10(18)16(3)5-8(17)2/h4,8,12H,5-6H2,1-3H3/t8-/m0/s1. The van der Waals surface area contributed by atoms with E-state index in [-0.39, 0.29) is 24.3 Å². The van der Waals surface area contributed by atoms with Crippen molar-refractivity contribution in [1.82, 2.24) is 9.80 Å². The number of piperazine rings is 1. The molecule has 1 aromatic rings. The summed E-state index contributed by atoms with van der Waals surface area (Å²) in [6, 6.07) is 0.963. The first kappa shape index (κ1) is 14.5. The predicted molar refractivity (Wildman–Crippen MR) is 66.5 cm³/mol. The summed E-state index contributed by atoms with van der Waals surface area (Å²) in [6.45, 7) is 3.67. The van der Waals surface area contributed by atoms with E-state index in [1.165, 1.54) is 16.7 Å². The molecule has 0 radical (unpaired) electrons. The van der Waals surface area contributed by atoms with Gasteiger partial charge in [0.05, 0.1) is 0 Å². The van der Waals surface area contributed by atoms with E-state index in [0.717, 1.165) is 6.07 Å². The SMILES string of the molecule is Cc1cc(C(F)F)oc1C(=O)N1CC(=O)N(C)C[C@@H]1C. The summed E-state index contributed by atoms with van der Waals surface area (Å²) < 4.78 is 30.1. The highest BCUT2D eigenvalue weighted by Crippen LogP contribution is 2.26. The van der Waals surface area contributed by atoms with E-state index < -0.39 is 18.1 Å². The Labute approximate surface area is 115 Å². The quantitative estimate of drug-likeness (QED) is 0.833. The summed E-state index contributed by atoms with van der Waals surface area (Å²) in [5.74, 6) is -1.36. The molecule has 20 heavy (non-hydrogen) atoms. The lowest BCUT2D eigenvalue weighted by Crippen LogP contribution is -2.55. The van der Waals surface area contributed by atoms with Crippen LogP contribution in [0.4, 0.5) is 8.78 Å². The van der Waals surface area contributed by atoms with Crippen LogP contribution in [0.3, 0.4) is 0 Å². The highest BCUT2D eigenvalue weighted by Gasteiger charge is 2.33. The molecule has 1 aliphatic heterocycles. The summed E-state index contributed by atoms with van der Waals surface area (Å²) in [5, 5.41) is 0. The molecule has 0 unspecified atom stereocenters. The van der Waals surface area contributed by atoms with E-state index >= 15 is 0 Å². The molecule has 0 N–H and O–H groups in total. The lowest BCUT2D eigenvalue weighted by Gasteiger charge is -2.37. The van der Waals surface area contributed by atoms with E-state index in [2.05, 4.69) is 0 Å². The second-order valence-corrected chi connectivity index (χ2v) is 5.02. The third-order valence-corrected chi connectivity index (χ3v) is 3.41. The Balaban J connectivity index is 2.25. The van der Waals surface area contributed by atoms with Crippen molar-refractivity contribution in [2.75, 3.05) is 20.1 Å². The molecule has 1 aliphatic rings. The molecule has 110 valence electrons. The Bertz CT molecular complexity index is 542. The molecule has 0 spiro atoms. The van der Waals surface area contributed by atoms with Crippen molar-refractivity contribution in [3.05, 3.63) is 23.2 Å². The molecular formula is C13H16F2N2O3. The maximum atomic E-state index is 12.6. The number of hydrogen-bond donors (Lipinski definition) is 0. The molecule has 2 amide bonds. The third-order valence-electron chi connectivity index (χ3n) is 3.41. The summed E-state index contributed by atoms with van der Waals surface area (Å²) in [5.41, 5.74) is 0.351. The van der Waals surface area contributed by atoms with Gasteiger partial charge in [-0.25, -0.2) is 8.78 Å². The van der Waals surface area contributed by atoms with Crippen molar-refractivity contribution in [2.45, 2.75) is 26.3 Å². The van der Waals surface area contributed by atoms with Gasteiger partial charge in [0.25, 0.3) is 12.3 Å². The van der Waals surface area contributed by atoms with Crippen molar-refractivity contribution >= 4 is 11.8 Å². The molecule has 0 aromatic carbocycles. The van der Waals surface area contributed by atoms with Crippen LogP contribution in [0.5, 0.6) is 0 Å². The largest absolute Gasteiger partial charge is 0.450 e. The number of carbonyl (C=O) groups is 2. The van der Waals surface area contributed by atoms with Gasteiger partial charge in [0.1, 0.15) is 6.54 Å². The predicted octanol–water partition coefficient (Wildman–Crippen LogP) is 1.83. The first-order chi connectivity index (χ1) is 9.31. The van der Waals surface area contributed by atoms with Gasteiger partial charge in [-0.3, -0.25) is 9.59 Å². The first-order valence-electron chi connectivity index (χ1n) is 6.24. The van der Waals surface area contributed by atoms with Crippen LogP contribution < -0.4 is 0 Å². The first-order valence-corrected chi connectivity index (χ1v) is 6.24. The highest BCUT2D eigenvalue weighted by atomic mass is 19.3. The normalized spacial score (nSPS) is 19.9. The van der Waals surface area contributed by atoms with E-state index in [1.54, 1.807) is 14.0 Å². The van der Waals surface area contributed by atoms with Crippen LogP contribution in [0.25, 0.3) is 0 Å². The number of nitrogens with zero attached hydrogens (tertiary/aromatic N) is 2. The van der Waals surface area contributed by atoms with Gasteiger partial charge in [0, 0.05) is 25.2 Å². The maximum absolute atomic E-state index is 12.6. The topological polar surface area (TPSA) is 53.8 Å². The zero-order chi connectivity index (χ0) is 15.0. The van der Waals surface area contributed by atoms with Crippen molar-refractivity contribution in [2.24, 2.45) is 0 Å². The number of amides is 2. The van der Waals surface area contributed by atoms with E-state index in [4.69, 9.17) is 4.42 Å². The van der Waals surface area contributed by atoms with E-state index in [0.29, 0.717) is 12.1 Å². The molecule has 5 nitrogen and oxygen atoms in total. The van der Waals surface area contributed by atoms with Crippen molar-refractivity contribution in [1.29, 1.82) is 0 Å². The number of furan rings is 1. The molecule has 1 saturated heterocycles. The Hall–Kier alpha value is -1.92. The Morgan fingerprint density at radius 2 is 2.15 bits per heavy atom. The van der Waals surface area contributed by atoms with Crippen LogP contribution in [0, 0.1) is 6.92 Å². The molecule has 1 fully saturated rings. The van der Waals surface area contributed by atoms with E-state index in [9.17, 15) is 18.4 Å². The number of rotatable bonds is 2.